The van der Waals surface area contributed by atoms with E-state index in [0.717, 1.165) is 5.76 Å². The molecule has 0 fully saturated rings. The van der Waals surface area contributed by atoms with Gasteiger partial charge in [-0.1, -0.05) is 0 Å². The van der Waals surface area contributed by atoms with Crippen molar-refractivity contribution in [1.82, 2.24) is 0 Å². The first-order valence-electron chi connectivity index (χ1n) is 7.45. The van der Waals surface area contributed by atoms with Crippen molar-refractivity contribution >= 4 is 17.9 Å². The number of carbonyl (C=O) groups excluding carboxylic acids is 1. The zero-order valence-electron chi connectivity index (χ0n) is 14.3. The molecule has 7 nitrogen and oxygen atoms in total. The SMILES string of the molecule is COc1cc(C2=NC(=Cc3ccc(C)o3)C(=O)O2)cc(OC)c1OC. The molecule has 1 aromatic carbocycles. The van der Waals surface area contributed by atoms with E-state index < -0.39 is 5.97 Å². The van der Waals surface area contributed by atoms with E-state index in [2.05, 4.69) is 4.99 Å². The van der Waals surface area contributed by atoms with Crippen molar-refractivity contribution in [1.29, 1.82) is 0 Å². The lowest BCUT2D eigenvalue weighted by Gasteiger charge is -2.13. The van der Waals surface area contributed by atoms with Crippen LogP contribution in [0.2, 0.25) is 0 Å². The number of rotatable bonds is 5. The number of aliphatic imine (C=N–C) groups is 1. The molecule has 1 aromatic heterocycles. The Morgan fingerprint density at radius 2 is 1.72 bits per heavy atom. The number of ether oxygens (including phenoxy) is 4. The molecule has 25 heavy (non-hydrogen) atoms. The van der Waals surface area contributed by atoms with Gasteiger partial charge in [0.15, 0.2) is 17.2 Å². The highest BCUT2D eigenvalue weighted by Gasteiger charge is 2.26. The van der Waals surface area contributed by atoms with Gasteiger partial charge in [-0.15, -0.1) is 0 Å². The van der Waals surface area contributed by atoms with E-state index in [-0.39, 0.29) is 11.6 Å². The highest BCUT2D eigenvalue weighted by molar-refractivity contribution is 6.13. The van der Waals surface area contributed by atoms with E-state index in [1.54, 1.807) is 24.3 Å². The van der Waals surface area contributed by atoms with Gasteiger partial charge in [-0.2, -0.15) is 0 Å². The summed E-state index contributed by atoms with van der Waals surface area (Å²) in [6.07, 6.45) is 1.53. The summed E-state index contributed by atoms with van der Waals surface area (Å²) in [6, 6.07) is 6.87. The van der Waals surface area contributed by atoms with Crippen LogP contribution in [-0.4, -0.2) is 33.2 Å². The number of hydrogen-bond donors (Lipinski definition) is 0. The molecule has 0 unspecified atom stereocenters. The molecule has 0 bridgehead atoms. The number of cyclic esters (lactones) is 1. The average Bonchev–Trinajstić information content (AvgIpc) is 3.19. The Morgan fingerprint density at radius 1 is 1.04 bits per heavy atom. The summed E-state index contributed by atoms with van der Waals surface area (Å²) in [5.74, 6) is 2.19. The van der Waals surface area contributed by atoms with Crippen molar-refractivity contribution in [2.24, 2.45) is 4.99 Å². The molecule has 0 aliphatic carbocycles. The van der Waals surface area contributed by atoms with Crippen LogP contribution >= 0.6 is 0 Å². The van der Waals surface area contributed by atoms with Gasteiger partial charge >= 0.3 is 5.97 Å². The molecule has 0 atom stereocenters. The van der Waals surface area contributed by atoms with E-state index in [1.165, 1.54) is 27.4 Å². The van der Waals surface area contributed by atoms with Gasteiger partial charge in [-0.05, 0) is 31.2 Å². The maximum Gasteiger partial charge on any atom is 0.363 e. The minimum Gasteiger partial charge on any atom is -0.493 e. The standard InChI is InChI=1S/C18H17NO6/c1-10-5-6-12(24-10)9-13-18(20)25-17(19-13)11-7-14(21-2)16(23-4)15(8-11)22-3/h5-9H,1-4H3. The summed E-state index contributed by atoms with van der Waals surface area (Å²) in [5, 5.41) is 0. The molecule has 1 aliphatic heterocycles. The summed E-state index contributed by atoms with van der Waals surface area (Å²) in [4.78, 5) is 16.3. The average molecular weight is 343 g/mol. The first-order valence-corrected chi connectivity index (χ1v) is 7.45. The fourth-order valence-corrected chi connectivity index (χ4v) is 2.40. The van der Waals surface area contributed by atoms with Crippen LogP contribution in [0.25, 0.3) is 6.08 Å². The van der Waals surface area contributed by atoms with Crippen molar-refractivity contribution in [2.45, 2.75) is 6.92 Å². The second kappa shape index (κ2) is 6.72. The number of carbonyl (C=O) groups is 1. The topological polar surface area (TPSA) is 79.5 Å². The van der Waals surface area contributed by atoms with Crippen LogP contribution in [-0.2, 0) is 9.53 Å². The van der Waals surface area contributed by atoms with Crippen LogP contribution in [0.3, 0.4) is 0 Å². The first-order chi connectivity index (χ1) is 12.0. The first kappa shape index (κ1) is 16.6. The number of furan rings is 1. The van der Waals surface area contributed by atoms with Crippen LogP contribution in [0.1, 0.15) is 17.1 Å². The van der Waals surface area contributed by atoms with Gasteiger partial charge in [-0.3, -0.25) is 0 Å². The van der Waals surface area contributed by atoms with Gasteiger partial charge in [0.2, 0.25) is 11.6 Å². The third kappa shape index (κ3) is 3.21. The Balaban J connectivity index is 2.00. The predicted octanol–water partition coefficient (Wildman–Crippen LogP) is 2.96. The van der Waals surface area contributed by atoms with Crippen LogP contribution in [0.4, 0.5) is 0 Å². The lowest BCUT2D eigenvalue weighted by Crippen LogP contribution is -2.06. The van der Waals surface area contributed by atoms with Gasteiger partial charge in [0, 0.05) is 11.6 Å². The van der Waals surface area contributed by atoms with E-state index in [1.807, 2.05) is 6.92 Å². The molecule has 0 spiro atoms. The third-order valence-corrected chi connectivity index (χ3v) is 3.57. The lowest BCUT2D eigenvalue weighted by atomic mass is 10.2. The monoisotopic (exact) mass is 343 g/mol. The Bertz CT molecular complexity index is 852. The highest BCUT2D eigenvalue weighted by atomic mass is 16.6. The molecule has 1 aliphatic rings. The van der Waals surface area contributed by atoms with Gasteiger partial charge in [0.05, 0.1) is 21.3 Å². The highest BCUT2D eigenvalue weighted by Crippen LogP contribution is 2.39. The van der Waals surface area contributed by atoms with E-state index >= 15 is 0 Å². The molecule has 2 heterocycles. The molecular weight excluding hydrogens is 326 g/mol. The second-order valence-electron chi connectivity index (χ2n) is 5.20. The Kier molecular flexibility index (Phi) is 4.47. The zero-order chi connectivity index (χ0) is 18.0. The van der Waals surface area contributed by atoms with Crippen molar-refractivity contribution in [3.8, 4) is 17.2 Å². The molecule has 130 valence electrons. The minimum absolute atomic E-state index is 0.151. The molecule has 0 amide bonds. The van der Waals surface area contributed by atoms with Gasteiger partial charge in [0.1, 0.15) is 11.5 Å². The third-order valence-electron chi connectivity index (χ3n) is 3.57. The molecule has 7 heteroatoms. The van der Waals surface area contributed by atoms with E-state index in [4.69, 9.17) is 23.4 Å². The maximum atomic E-state index is 12.1. The molecule has 0 radical (unpaired) electrons. The summed E-state index contributed by atoms with van der Waals surface area (Å²) in [6.45, 7) is 1.82. The summed E-state index contributed by atoms with van der Waals surface area (Å²) < 4.78 is 26.6. The molecule has 0 saturated carbocycles. The fraction of sp³-hybridized carbons (Fsp3) is 0.222. The van der Waals surface area contributed by atoms with Crippen LogP contribution < -0.4 is 14.2 Å². The van der Waals surface area contributed by atoms with Gasteiger partial charge < -0.3 is 23.4 Å². The van der Waals surface area contributed by atoms with Crippen molar-refractivity contribution in [3.63, 3.8) is 0 Å². The smallest absolute Gasteiger partial charge is 0.363 e. The summed E-state index contributed by atoms with van der Waals surface area (Å²) >= 11 is 0. The minimum atomic E-state index is -0.558. The van der Waals surface area contributed by atoms with Crippen LogP contribution in [0, 0.1) is 6.92 Å². The predicted molar refractivity (Wildman–Crippen MR) is 90.1 cm³/mol. The molecular formula is C18H17NO6. The quantitative estimate of drug-likeness (QED) is 0.613. The Labute approximate surface area is 144 Å². The number of hydrogen-bond acceptors (Lipinski definition) is 7. The number of aryl methyl sites for hydroxylation is 1. The lowest BCUT2D eigenvalue weighted by molar-refractivity contribution is -0.129. The molecule has 2 aromatic rings. The van der Waals surface area contributed by atoms with Crippen molar-refractivity contribution in [2.75, 3.05) is 21.3 Å². The van der Waals surface area contributed by atoms with E-state index in [0.29, 0.717) is 28.6 Å². The van der Waals surface area contributed by atoms with E-state index in [9.17, 15) is 4.79 Å². The van der Waals surface area contributed by atoms with Gasteiger partial charge in [-0.25, -0.2) is 9.79 Å². The number of nitrogens with zero attached hydrogens (tertiary/aromatic N) is 1. The Morgan fingerprint density at radius 3 is 2.24 bits per heavy atom. The summed E-state index contributed by atoms with van der Waals surface area (Å²) in [7, 11) is 4.53. The number of benzene rings is 1. The van der Waals surface area contributed by atoms with Crippen molar-refractivity contribution in [3.05, 3.63) is 47.0 Å². The largest absolute Gasteiger partial charge is 0.493 e. The summed E-state index contributed by atoms with van der Waals surface area (Å²) in [5.41, 5.74) is 0.681. The Hall–Kier alpha value is -3.22. The number of esters is 1. The molecule has 0 saturated heterocycles. The maximum absolute atomic E-state index is 12.1. The van der Waals surface area contributed by atoms with Crippen LogP contribution in [0.15, 0.2) is 39.4 Å². The second-order valence-corrected chi connectivity index (χ2v) is 5.20. The molecule has 3 rings (SSSR count). The van der Waals surface area contributed by atoms with Gasteiger partial charge in [0.25, 0.3) is 0 Å². The van der Waals surface area contributed by atoms with Crippen LogP contribution in [0.5, 0.6) is 17.2 Å². The number of methoxy groups -OCH3 is 3. The molecule has 0 N–H and O–H groups in total. The van der Waals surface area contributed by atoms with Crippen molar-refractivity contribution < 1.29 is 28.2 Å². The zero-order valence-corrected chi connectivity index (χ0v) is 14.3. The normalized spacial score (nSPS) is 15.1. The fourth-order valence-electron chi connectivity index (χ4n) is 2.40.